The number of non-ortho nitro benzene ring substituents is 1. The van der Waals surface area contributed by atoms with Gasteiger partial charge in [0, 0.05) is 25.2 Å². The molecule has 0 radical (unpaired) electrons. The molecule has 0 aliphatic rings. The number of nitro groups is 1. The number of hydrogen-bond donors (Lipinski definition) is 1. The fraction of sp³-hybridized carbons (Fsp3) is 0.440. The summed E-state index contributed by atoms with van der Waals surface area (Å²) in [7, 11) is -4.05. The van der Waals surface area contributed by atoms with Crippen molar-refractivity contribution in [2.75, 3.05) is 23.7 Å². The molecule has 0 aliphatic heterocycles. The molecule has 0 saturated carbocycles. The molecule has 10 nitrogen and oxygen atoms in total. The molecule has 0 fully saturated rings. The van der Waals surface area contributed by atoms with E-state index in [2.05, 4.69) is 5.32 Å². The second kappa shape index (κ2) is 13.1. The molecule has 0 unspecified atom stereocenters. The molecule has 1 atom stereocenters. The predicted molar refractivity (Wildman–Crippen MR) is 139 cm³/mol. The number of hydrogen-bond acceptors (Lipinski definition) is 6. The molecule has 12 heteroatoms. The number of nitrogens with one attached hydrogen (secondary N) is 1. The Labute approximate surface area is 216 Å². The molecule has 0 bridgehead atoms. The van der Waals surface area contributed by atoms with Gasteiger partial charge in [0.1, 0.15) is 18.4 Å². The van der Waals surface area contributed by atoms with Crippen molar-refractivity contribution >= 4 is 33.2 Å². The molecule has 0 heterocycles. The van der Waals surface area contributed by atoms with Gasteiger partial charge in [-0.1, -0.05) is 38.5 Å². The van der Waals surface area contributed by atoms with Crippen molar-refractivity contribution in [3.05, 3.63) is 69.5 Å². The lowest BCUT2D eigenvalue weighted by Crippen LogP contribution is -2.52. The maximum absolute atomic E-state index is 13.6. The van der Waals surface area contributed by atoms with Gasteiger partial charge >= 0.3 is 0 Å². The van der Waals surface area contributed by atoms with Crippen molar-refractivity contribution in [1.82, 2.24) is 10.2 Å². The Hall–Kier alpha value is -3.54. The summed E-state index contributed by atoms with van der Waals surface area (Å²) in [6.07, 6.45) is 2.76. The van der Waals surface area contributed by atoms with Crippen LogP contribution in [0.4, 0.5) is 15.8 Å². The summed E-state index contributed by atoms with van der Waals surface area (Å²) in [6.45, 7) is 4.96. The molecule has 2 aromatic carbocycles. The molecular formula is C25H33FN4O6S. The summed E-state index contributed by atoms with van der Waals surface area (Å²) in [5, 5.41) is 14.1. The average molecular weight is 537 g/mol. The Morgan fingerprint density at radius 3 is 2.32 bits per heavy atom. The molecule has 37 heavy (non-hydrogen) atoms. The first-order chi connectivity index (χ1) is 17.4. The van der Waals surface area contributed by atoms with E-state index < -0.39 is 39.3 Å². The summed E-state index contributed by atoms with van der Waals surface area (Å²) in [5.41, 5.74) is 0.629. The number of rotatable bonds is 13. The van der Waals surface area contributed by atoms with Gasteiger partial charge in [-0.25, -0.2) is 12.8 Å². The highest BCUT2D eigenvalue weighted by Gasteiger charge is 2.32. The van der Waals surface area contributed by atoms with Crippen LogP contribution in [0.25, 0.3) is 0 Å². The van der Waals surface area contributed by atoms with Gasteiger partial charge in [0.05, 0.1) is 16.9 Å². The van der Waals surface area contributed by atoms with Crippen LogP contribution >= 0.6 is 0 Å². The van der Waals surface area contributed by atoms with Gasteiger partial charge in [-0.3, -0.25) is 24.0 Å². The minimum Gasteiger partial charge on any atom is -0.354 e. The number of halogens is 1. The second-order valence-electron chi connectivity index (χ2n) is 8.71. The van der Waals surface area contributed by atoms with Gasteiger partial charge in [-0.05, 0) is 43.0 Å². The fourth-order valence-electron chi connectivity index (χ4n) is 3.79. The number of anilines is 1. The van der Waals surface area contributed by atoms with Gasteiger partial charge in [0.15, 0.2) is 0 Å². The molecule has 0 saturated heterocycles. The molecule has 2 aromatic rings. The van der Waals surface area contributed by atoms with Crippen molar-refractivity contribution in [3.63, 3.8) is 0 Å². The van der Waals surface area contributed by atoms with E-state index in [0.717, 1.165) is 29.5 Å². The number of amides is 2. The lowest BCUT2D eigenvalue weighted by Gasteiger charge is -2.33. The van der Waals surface area contributed by atoms with E-state index >= 15 is 0 Å². The first kappa shape index (κ1) is 29.7. The summed E-state index contributed by atoms with van der Waals surface area (Å²) < 4.78 is 39.7. The number of carbonyl (C=O) groups excluding carboxylic acids is 2. The summed E-state index contributed by atoms with van der Waals surface area (Å²) in [4.78, 5) is 38.5. The fourth-order valence-corrected chi connectivity index (χ4v) is 4.69. The number of carbonyl (C=O) groups is 2. The topological polar surface area (TPSA) is 130 Å². The zero-order valence-electron chi connectivity index (χ0n) is 21.4. The molecular weight excluding hydrogens is 503 g/mol. The van der Waals surface area contributed by atoms with E-state index in [1.807, 2.05) is 6.92 Å². The van der Waals surface area contributed by atoms with E-state index in [9.17, 15) is 32.5 Å². The quantitative estimate of drug-likeness (QED) is 0.237. The highest BCUT2D eigenvalue weighted by atomic mass is 32.2. The molecule has 0 aromatic heterocycles. The van der Waals surface area contributed by atoms with Crippen LogP contribution in [0.1, 0.15) is 44.2 Å². The lowest BCUT2D eigenvalue weighted by molar-refractivity contribution is -0.384. The third-order valence-electron chi connectivity index (χ3n) is 5.83. The summed E-state index contributed by atoms with van der Waals surface area (Å²) >= 11 is 0. The largest absolute Gasteiger partial charge is 0.354 e. The normalized spacial score (nSPS) is 12.0. The van der Waals surface area contributed by atoms with Crippen molar-refractivity contribution in [3.8, 4) is 0 Å². The number of nitro benzene ring substituents is 1. The van der Waals surface area contributed by atoms with Crippen molar-refractivity contribution < 1.29 is 27.3 Å². The zero-order valence-corrected chi connectivity index (χ0v) is 22.3. The maximum Gasteiger partial charge on any atom is 0.271 e. The van der Waals surface area contributed by atoms with Crippen LogP contribution in [-0.4, -0.2) is 55.4 Å². The van der Waals surface area contributed by atoms with Crippen molar-refractivity contribution in [2.45, 2.75) is 52.6 Å². The Kier molecular flexibility index (Phi) is 10.5. The standard InChI is InChI=1S/C25H33FN4O6S/c1-5-7-14-27-25(32)22(6-2)28(16-19-9-11-20(26)12-10-19)24(31)17-29(37(4,35)36)23-15-21(30(33)34)13-8-18(23)3/h8-13,15,22H,5-7,14,16-17H2,1-4H3,(H,27,32)/t22-/m0/s1. The zero-order chi connectivity index (χ0) is 27.8. The van der Waals surface area contributed by atoms with Crippen LogP contribution in [0.3, 0.4) is 0 Å². The first-order valence-corrected chi connectivity index (χ1v) is 13.8. The average Bonchev–Trinajstić information content (AvgIpc) is 2.83. The predicted octanol–water partition coefficient (Wildman–Crippen LogP) is 3.53. The van der Waals surface area contributed by atoms with Crippen LogP contribution in [-0.2, 0) is 26.2 Å². The van der Waals surface area contributed by atoms with Gasteiger partial charge in [0.25, 0.3) is 5.69 Å². The summed E-state index contributed by atoms with van der Waals surface area (Å²) in [5.74, 6) is -1.53. The Balaban J connectivity index is 2.48. The monoisotopic (exact) mass is 536 g/mol. The number of sulfonamides is 1. The van der Waals surface area contributed by atoms with Crippen LogP contribution in [0.2, 0.25) is 0 Å². The maximum atomic E-state index is 13.6. The number of nitrogens with zero attached hydrogens (tertiary/aromatic N) is 3. The third kappa shape index (κ3) is 8.24. The second-order valence-corrected chi connectivity index (χ2v) is 10.6. The highest BCUT2D eigenvalue weighted by molar-refractivity contribution is 7.92. The molecule has 202 valence electrons. The van der Waals surface area contributed by atoms with Crippen LogP contribution in [0, 0.1) is 22.9 Å². The van der Waals surface area contributed by atoms with Crippen LogP contribution in [0.15, 0.2) is 42.5 Å². The van der Waals surface area contributed by atoms with E-state index in [4.69, 9.17) is 0 Å². The van der Waals surface area contributed by atoms with Crippen molar-refractivity contribution in [1.29, 1.82) is 0 Å². The molecule has 2 amide bonds. The van der Waals surface area contributed by atoms with Crippen LogP contribution < -0.4 is 9.62 Å². The minimum absolute atomic E-state index is 0.00720. The summed E-state index contributed by atoms with van der Waals surface area (Å²) in [6, 6.07) is 8.26. The smallest absolute Gasteiger partial charge is 0.271 e. The Morgan fingerprint density at radius 2 is 1.78 bits per heavy atom. The SMILES string of the molecule is CCCCNC(=O)[C@H](CC)N(Cc1ccc(F)cc1)C(=O)CN(c1cc([N+](=O)[O-])ccc1C)S(C)(=O)=O. The molecule has 2 rings (SSSR count). The number of aryl methyl sites for hydroxylation is 1. The van der Waals surface area contributed by atoms with E-state index in [-0.39, 0.29) is 30.2 Å². The lowest BCUT2D eigenvalue weighted by atomic mass is 10.1. The Bertz CT molecular complexity index is 1220. The number of benzene rings is 2. The number of unbranched alkanes of at least 4 members (excludes halogenated alkanes) is 1. The molecule has 0 aliphatic carbocycles. The highest BCUT2D eigenvalue weighted by Crippen LogP contribution is 2.28. The van der Waals surface area contributed by atoms with Crippen LogP contribution in [0.5, 0.6) is 0 Å². The van der Waals surface area contributed by atoms with E-state index in [1.54, 1.807) is 13.8 Å². The van der Waals surface area contributed by atoms with Gasteiger partial charge in [-0.2, -0.15) is 0 Å². The first-order valence-electron chi connectivity index (χ1n) is 11.9. The third-order valence-corrected chi connectivity index (χ3v) is 6.96. The molecule has 1 N–H and O–H groups in total. The molecule has 0 spiro atoms. The minimum atomic E-state index is -4.05. The Morgan fingerprint density at radius 1 is 1.14 bits per heavy atom. The van der Waals surface area contributed by atoms with Gasteiger partial charge in [0.2, 0.25) is 21.8 Å². The van der Waals surface area contributed by atoms with Gasteiger partial charge < -0.3 is 10.2 Å². The van der Waals surface area contributed by atoms with E-state index in [0.29, 0.717) is 17.7 Å². The van der Waals surface area contributed by atoms with Gasteiger partial charge in [-0.15, -0.1) is 0 Å². The van der Waals surface area contributed by atoms with Crippen molar-refractivity contribution in [2.24, 2.45) is 0 Å². The van der Waals surface area contributed by atoms with E-state index in [1.165, 1.54) is 41.3 Å².